The van der Waals surface area contributed by atoms with Gasteiger partial charge in [-0.15, -0.1) is 13.2 Å². The van der Waals surface area contributed by atoms with Crippen LogP contribution in [0.3, 0.4) is 0 Å². The van der Waals surface area contributed by atoms with E-state index in [9.17, 15) is 36.0 Å². The van der Waals surface area contributed by atoms with Crippen LogP contribution in [-0.4, -0.2) is 97.6 Å². The highest BCUT2D eigenvalue weighted by molar-refractivity contribution is 7.91. The van der Waals surface area contributed by atoms with Crippen molar-refractivity contribution in [2.24, 2.45) is 5.92 Å². The van der Waals surface area contributed by atoms with Gasteiger partial charge in [0.2, 0.25) is 21.8 Å². The molecule has 1 aromatic heterocycles. The van der Waals surface area contributed by atoms with E-state index in [0.717, 1.165) is 6.42 Å². The van der Waals surface area contributed by atoms with Crippen molar-refractivity contribution >= 4 is 38.6 Å². The second kappa shape index (κ2) is 14.3. The average Bonchev–Trinajstić information content (AvgIpc) is 4.05. The van der Waals surface area contributed by atoms with Gasteiger partial charge < -0.3 is 29.3 Å². The molecule has 54 heavy (non-hydrogen) atoms. The van der Waals surface area contributed by atoms with Crippen LogP contribution in [0, 0.1) is 5.92 Å². The topological polar surface area (TPSA) is 156 Å². The van der Waals surface area contributed by atoms with Gasteiger partial charge in [-0.25, -0.2) is 18.2 Å². The van der Waals surface area contributed by atoms with E-state index in [2.05, 4.69) is 14.8 Å². The molecule has 13 nitrogen and oxygen atoms in total. The molecular weight excluding hydrogens is 731 g/mol. The number of ether oxygens (including phenoxy) is 3. The molecule has 0 radical (unpaired) electrons. The minimum atomic E-state index is -4.85. The number of nitrogens with one attached hydrogen (secondary N) is 2. The highest BCUT2D eigenvalue weighted by Gasteiger charge is 2.62. The first kappa shape index (κ1) is 37.3. The van der Waals surface area contributed by atoms with E-state index in [1.54, 1.807) is 31.3 Å². The molecule has 2 saturated carbocycles. The fourth-order valence-electron chi connectivity index (χ4n) is 7.05. The average molecular weight is 772 g/mol. The first-order chi connectivity index (χ1) is 25.7. The summed E-state index contributed by atoms with van der Waals surface area (Å²) in [5.41, 5.74) is -0.652. The highest BCUT2D eigenvalue weighted by Crippen LogP contribution is 2.46. The monoisotopic (exact) mass is 771 g/mol. The van der Waals surface area contributed by atoms with Crippen LogP contribution < -0.4 is 24.2 Å². The Morgan fingerprint density at radius 1 is 1.06 bits per heavy atom. The first-order valence-electron chi connectivity index (χ1n) is 17.7. The minimum Gasteiger partial charge on any atom is -0.497 e. The van der Waals surface area contributed by atoms with Crippen LogP contribution in [0.15, 0.2) is 60.7 Å². The third-order valence-corrected chi connectivity index (χ3v) is 12.1. The Morgan fingerprint density at radius 3 is 2.50 bits per heavy atom. The van der Waals surface area contributed by atoms with Crippen LogP contribution in [0.1, 0.15) is 44.9 Å². The van der Waals surface area contributed by atoms with E-state index in [1.807, 2.05) is 12.2 Å². The Balaban J connectivity index is 1.19. The number of aromatic nitrogens is 1. The molecule has 2 aliphatic carbocycles. The van der Waals surface area contributed by atoms with E-state index in [0.29, 0.717) is 60.0 Å². The van der Waals surface area contributed by atoms with E-state index in [-0.39, 0.29) is 25.3 Å². The molecule has 0 unspecified atom stereocenters. The van der Waals surface area contributed by atoms with Crippen LogP contribution in [0.4, 0.5) is 18.0 Å². The van der Waals surface area contributed by atoms with Crippen molar-refractivity contribution in [3.05, 3.63) is 60.7 Å². The number of fused-ring (bicyclic) bond motifs is 3. The summed E-state index contributed by atoms with van der Waals surface area (Å²) < 4.78 is 82.0. The zero-order valence-electron chi connectivity index (χ0n) is 29.6. The van der Waals surface area contributed by atoms with Crippen molar-refractivity contribution in [2.75, 3.05) is 27.2 Å². The molecule has 4 atom stereocenters. The summed E-state index contributed by atoms with van der Waals surface area (Å²) in [6.07, 6.45) is 1.48. The molecule has 3 heterocycles. The molecule has 0 bridgehead atoms. The Bertz CT molecular complexity index is 2090. The summed E-state index contributed by atoms with van der Waals surface area (Å²) in [4.78, 5) is 49.3. The molecule has 4 aliphatic rings. The van der Waals surface area contributed by atoms with Gasteiger partial charge in [0.1, 0.15) is 29.2 Å². The van der Waals surface area contributed by atoms with Crippen molar-refractivity contribution < 1.29 is 50.2 Å². The number of hydrogen-bond acceptors (Lipinski definition) is 9. The van der Waals surface area contributed by atoms with Gasteiger partial charge >= 0.3 is 12.4 Å². The quantitative estimate of drug-likeness (QED) is 0.304. The molecule has 2 aromatic carbocycles. The standard InChI is InChI=1S/C37H40F3N5O8S/c1-44-16-6-4-3-5-7-24-20-36(24,34(47)43-54(49,50)28-13-14-28)42-32(46)31-19-27(21-45(31)35(44)48)52-33-29-15-12-26(51-2)17-23(29)18-30(41-33)22-8-10-25(11-9-22)53-37(38,39)40/h5,7-12,15,17-18,24,27-28,31H,3-4,6,13-14,16,19-21H2,1-2H3,(H,42,46)(H,43,47)/b7-5-/t24-,27-,31+,36-/m1/s1. The summed E-state index contributed by atoms with van der Waals surface area (Å²) in [5.74, 6) is -1.54. The first-order valence-corrected chi connectivity index (χ1v) is 19.3. The molecule has 2 aliphatic heterocycles. The van der Waals surface area contributed by atoms with Crippen LogP contribution in [0.25, 0.3) is 22.0 Å². The van der Waals surface area contributed by atoms with Gasteiger partial charge in [-0.05, 0) is 92.4 Å². The number of rotatable bonds is 8. The van der Waals surface area contributed by atoms with Gasteiger partial charge in [0.05, 0.1) is 24.6 Å². The molecular formula is C37H40F3N5O8S. The largest absolute Gasteiger partial charge is 0.573 e. The molecule has 288 valence electrons. The lowest BCUT2D eigenvalue weighted by atomic mass is 10.1. The number of methoxy groups -OCH3 is 1. The molecule has 17 heteroatoms. The number of alkyl halides is 3. The zero-order valence-corrected chi connectivity index (χ0v) is 30.4. The van der Waals surface area contributed by atoms with Gasteiger partial charge in [-0.3, -0.25) is 14.3 Å². The lowest BCUT2D eigenvalue weighted by molar-refractivity contribution is -0.274. The summed E-state index contributed by atoms with van der Waals surface area (Å²) in [6, 6.07) is 10.7. The maximum Gasteiger partial charge on any atom is 0.573 e. The third kappa shape index (κ3) is 7.91. The van der Waals surface area contributed by atoms with Gasteiger partial charge in [0.15, 0.2) is 0 Å². The summed E-state index contributed by atoms with van der Waals surface area (Å²) in [5, 5.41) is 3.44. The molecule has 0 spiro atoms. The highest BCUT2D eigenvalue weighted by atomic mass is 32.2. The number of hydrogen-bond donors (Lipinski definition) is 2. The number of carbonyl (C=O) groups excluding carboxylic acids is 3. The number of nitrogens with zero attached hydrogens (tertiary/aromatic N) is 3. The van der Waals surface area contributed by atoms with Crippen molar-refractivity contribution in [3.8, 4) is 28.6 Å². The second-order valence-corrected chi connectivity index (χ2v) is 16.2. The fourth-order valence-corrected chi connectivity index (χ4v) is 8.41. The number of carbonyl (C=O) groups is 3. The number of pyridine rings is 1. The number of amides is 4. The predicted octanol–water partition coefficient (Wildman–Crippen LogP) is 4.91. The number of urea groups is 1. The van der Waals surface area contributed by atoms with Crippen LogP contribution >= 0.6 is 0 Å². The smallest absolute Gasteiger partial charge is 0.497 e. The Kier molecular flexibility index (Phi) is 9.87. The zero-order chi connectivity index (χ0) is 38.4. The van der Waals surface area contributed by atoms with E-state index >= 15 is 0 Å². The van der Waals surface area contributed by atoms with Crippen molar-refractivity contribution in [1.29, 1.82) is 0 Å². The van der Waals surface area contributed by atoms with E-state index in [4.69, 9.17) is 14.5 Å². The van der Waals surface area contributed by atoms with Gasteiger partial charge in [-0.2, -0.15) is 0 Å². The van der Waals surface area contributed by atoms with Crippen LogP contribution in [-0.2, 0) is 19.6 Å². The fraction of sp³-hybridized carbons (Fsp3) is 0.459. The van der Waals surface area contributed by atoms with Crippen molar-refractivity contribution in [2.45, 2.75) is 74.2 Å². The molecule has 3 fully saturated rings. The number of sulfonamides is 1. The summed E-state index contributed by atoms with van der Waals surface area (Å²) >= 11 is 0. The third-order valence-electron chi connectivity index (χ3n) is 10.2. The number of allylic oxidation sites excluding steroid dienone is 1. The lowest BCUT2D eigenvalue weighted by Crippen LogP contribution is -2.57. The maximum absolute atomic E-state index is 14.2. The Morgan fingerprint density at radius 2 is 1.80 bits per heavy atom. The second-order valence-electron chi connectivity index (χ2n) is 14.2. The molecule has 4 amide bonds. The van der Waals surface area contributed by atoms with Crippen LogP contribution in [0.2, 0.25) is 0 Å². The van der Waals surface area contributed by atoms with Gasteiger partial charge in [-0.1, -0.05) is 12.2 Å². The normalized spacial score (nSPS) is 25.5. The van der Waals surface area contributed by atoms with Gasteiger partial charge in [0.25, 0.3) is 5.91 Å². The molecule has 7 rings (SSSR count). The Labute approximate surface area is 309 Å². The molecule has 1 saturated heterocycles. The van der Waals surface area contributed by atoms with E-state index in [1.165, 1.54) is 41.2 Å². The molecule has 3 aromatic rings. The summed E-state index contributed by atoms with van der Waals surface area (Å²) in [6.45, 7) is 0.438. The maximum atomic E-state index is 14.2. The number of benzene rings is 2. The lowest BCUT2D eigenvalue weighted by Gasteiger charge is -2.30. The van der Waals surface area contributed by atoms with E-state index < -0.39 is 68.8 Å². The predicted molar refractivity (Wildman–Crippen MR) is 190 cm³/mol. The molecule has 2 N–H and O–H groups in total. The number of halogens is 3. The van der Waals surface area contributed by atoms with Crippen molar-refractivity contribution in [1.82, 2.24) is 24.8 Å². The van der Waals surface area contributed by atoms with Crippen LogP contribution in [0.5, 0.6) is 17.4 Å². The minimum absolute atomic E-state index is 0.00706. The Hall–Kier alpha value is -5.06. The summed E-state index contributed by atoms with van der Waals surface area (Å²) in [7, 11) is -0.728. The van der Waals surface area contributed by atoms with Gasteiger partial charge in [0, 0.05) is 36.9 Å². The van der Waals surface area contributed by atoms with Crippen molar-refractivity contribution in [3.63, 3.8) is 0 Å². The SMILES string of the molecule is COc1ccc2c(O[C@@H]3C[C@H]4C(=O)N[C@]5(C(=O)NS(=O)(=O)C6CC6)C[C@H]5/C=C\CCCCN(C)C(=O)N4C3)nc(-c3ccc(OC(F)(F)F)cc3)cc2c1.